The first-order chi connectivity index (χ1) is 11.4. The molecule has 8 heteroatoms. The van der Waals surface area contributed by atoms with Gasteiger partial charge in [-0.25, -0.2) is 4.98 Å². The fourth-order valence-electron chi connectivity index (χ4n) is 2.57. The lowest BCUT2D eigenvalue weighted by atomic mass is 9.97. The van der Waals surface area contributed by atoms with Crippen LogP contribution in [0.3, 0.4) is 0 Å². The molecule has 0 atom stereocenters. The van der Waals surface area contributed by atoms with Crippen molar-refractivity contribution in [3.8, 4) is 0 Å². The molecule has 8 nitrogen and oxygen atoms in total. The third-order valence-electron chi connectivity index (χ3n) is 3.97. The van der Waals surface area contributed by atoms with Crippen LogP contribution in [0.4, 0.5) is 5.95 Å². The van der Waals surface area contributed by atoms with E-state index in [2.05, 4.69) is 25.4 Å². The first kappa shape index (κ1) is 16.4. The van der Waals surface area contributed by atoms with Crippen LogP contribution in [0.5, 0.6) is 0 Å². The van der Waals surface area contributed by atoms with E-state index in [1.807, 2.05) is 20.8 Å². The summed E-state index contributed by atoms with van der Waals surface area (Å²) in [6, 6.07) is 0.223. The summed E-state index contributed by atoms with van der Waals surface area (Å²) in [5, 5.41) is 7.27. The summed E-state index contributed by atoms with van der Waals surface area (Å²) in [5.74, 6) is 1.05. The molecule has 0 aliphatic carbocycles. The molecule has 0 aromatic carbocycles. The molecule has 1 aliphatic rings. The molecule has 3 rings (SSSR count). The Kier molecular flexibility index (Phi) is 4.46. The van der Waals surface area contributed by atoms with E-state index < -0.39 is 0 Å². The Morgan fingerprint density at radius 1 is 1.29 bits per heavy atom. The van der Waals surface area contributed by atoms with Crippen LogP contribution in [0.1, 0.15) is 50.0 Å². The maximum atomic E-state index is 12.3. The average Bonchev–Trinajstić information content (AvgIpc) is 3.05. The largest absolute Gasteiger partial charge is 0.349 e. The lowest BCUT2D eigenvalue weighted by Gasteiger charge is -2.31. The SMILES string of the molecule is CC(C)(C)c1nc(NC2CCN(C(=O)c3cnccn3)CC2)no1. The Hall–Kier alpha value is -2.51. The Morgan fingerprint density at radius 3 is 2.62 bits per heavy atom. The average molecular weight is 330 g/mol. The summed E-state index contributed by atoms with van der Waals surface area (Å²) in [6.07, 6.45) is 6.24. The Bertz CT molecular complexity index is 686. The van der Waals surface area contributed by atoms with Crippen LogP contribution in [-0.4, -0.2) is 50.0 Å². The number of nitrogens with one attached hydrogen (secondary N) is 1. The number of hydrogen-bond donors (Lipinski definition) is 1. The topological polar surface area (TPSA) is 97.0 Å². The van der Waals surface area contributed by atoms with Crippen molar-refractivity contribution < 1.29 is 9.32 Å². The van der Waals surface area contributed by atoms with Crippen molar-refractivity contribution in [2.75, 3.05) is 18.4 Å². The number of anilines is 1. The summed E-state index contributed by atoms with van der Waals surface area (Å²) < 4.78 is 5.28. The highest BCUT2D eigenvalue weighted by Crippen LogP contribution is 2.22. The second kappa shape index (κ2) is 6.54. The number of carbonyl (C=O) groups excluding carboxylic acids is 1. The minimum Gasteiger partial charge on any atom is -0.349 e. The van der Waals surface area contributed by atoms with Gasteiger partial charge in [0.25, 0.3) is 11.9 Å². The fourth-order valence-corrected chi connectivity index (χ4v) is 2.57. The molecule has 24 heavy (non-hydrogen) atoms. The molecule has 2 aromatic rings. The number of likely N-dealkylation sites (tertiary alicyclic amines) is 1. The standard InChI is InChI=1S/C16H22N6O2/c1-16(2,3)14-20-15(21-24-14)19-11-4-8-22(9-5-11)13(23)12-10-17-6-7-18-12/h6-7,10-11H,4-5,8-9H2,1-3H3,(H,19,21). The molecule has 1 saturated heterocycles. The quantitative estimate of drug-likeness (QED) is 0.917. The van der Waals surface area contributed by atoms with Gasteiger partial charge in [0.2, 0.25) is 5.89 Å². The lowest BCUT2D eigenvalue weighted by molar-refractivity contribution is 0.0712. The van der Waals surface area contributed by atoms with Crippen molar-refractivity contribution in [1.29, 1.82) is 0 Å². The maximum Gasteiger partial charge on any atom is 0.274 e. The van der Waals surface area contributed by atoms with Crippen LogP contribution >= 0.6 is 0 Å². The molecule has 0 bridgehead atoms. The van der Waals surface area contributed by atoms with Gasteiger partial charge >= 0.3 is 0 Å². The van der Waals surface area contributed by atoms with E-state index in [0.29, 0.717) is 30.6 Å². The molecular weight excluding hydrogens is 308 g/mol. The normalized spacial score (nSPS) is 16.2. The van der Waals surface area contributed by atoms with Gasteiger partial charge in [0.05, 0.1) is 6.20 Å². The van der Waals surface area contributed by atoms with Crippen molar-refractivity contribution in [2.45, 2.75) is 45.1 Å². The van der Waals surface area contributed by atoms with Crippen LogP contribution in [-0.2, 0) is 5.41 Å². The van der Waals surface area contributed by atoms with E-state index in [1.54, 1.807) is 11.1 Å². The number of hydrogen-bond acceptors (Lipinski definition) is 7. The molecule has 128 valence electrons. The number of amides is 1. The first-order valence-corrected chi connectivity index (χ1v) is 8.09. The number of piperidine rings is 1. The predicted octanol–water partition coefficient (Wildman–Crippen LogP) is 1.87. The zero-order valence-electron chi connectivity index (χ0n) is 14.2. The van der Waals surface area contributed by atoms with Crippen LogP contribution in [0.15, 0.2) is 23.1 Å². The molecule has 0 saturated carbocycles. The van der Waals surface area contributed by atoms with E-state index in [9.17, 15) is 4.79 Å². The summed E-state index contributed by atoms with van der Waals surface area (Å²) >= 11 is 0. The summed E-state index contributed by atoms with van der Waals surface area (Å²) in [5.41, 5.74) is 0.219. The van der Waals surface area contributed by atoms with Gasteiger partial charge in [-0.05, 0) is 18.0 Å². The zero-order valence-corrected chi connectivity index (χ0v) is 14.2. The third-order valence-corrected chi connectivity index (χ3v) is 3.97. The summed E-state index contributed by atoms with van der Waals surface area (Å²) in [7, 11) is 0. The Labute approximate surface area is 140 Å². The smallest absolute Gasteiger partial charge is 0.274 e. The molecule has 1 fully saturated rings. The van der Waals surface area contributed by atoms with E-state index in [1.165, 1.54) is 12.4 Å². The number of carbonyl (C=O) groups is 1. The van der Waals surface area contributed by atoms with Gasteiger partial charge < -0.3 is 14.7 Å². The highest BCUT2D eigenvalue weighted by molar-refractivity contribution is 5.92. The van der Waals surface area contributed by atoms with Crippen molar-refractivity contribution in [1.82, 2.24) is 25.0 Å². The second-order valence-electron chi connectivity index (χ2n) is 6.97. The molecule has 2 aromatic heterocycles. The second-order valence-corrected chi connectivity index (χ2v) is 6.97. The first-order valence-electron chi connectivity index (χ1n) is 8.09. The van der Waals surface area contributed by atoms with E-state index in [0.717, 1.165) is 12.8 Å². The third kappa shape index (κ3) is 3.69. The maximum absolute atomic E-state index is 12.3. The van der Waals surface area contributed by atoms with Gasteiger partial charge in [-0.3, -0.25) is 9.78 Å². The zero-order chi connectivity index (χ0) is 17.2. The van der Waals surface area contributed by atoms with Crippen LogP contribution in [0.25, 0.3) is 0 Å². The monoisotopic (exact) mass is 330 g/mol. The molecular formula is C16H22N6O2. The van der Waals surface area contributed by atoms with Gasteiger partial charge in [0.1, 0.15) is 5.69 Å². The van der Waals surface area contributed by atoms with Crippen molar-refractivity contribution in [2.24, 2.45) is 0 Å². The predicted molar refractivity (Wildman–Crippen MR) is 87.6 cm³/mol. The van der Waals surface area contributed by atoms with E-state index >= 15 is 0 Å². The van der Waals surface area contributed by atoms with Gasteiger partial charge in [0.15, 0.2) is 0 Å². The van der Waals surface area contributed by atoms with Crippen LogP contribution < -0.4 is 5.32 Å². The Balaban J connectivity index is 1.54. The minimum atomic E-state index is -0.167. The van der Waals surface area contributed by atoms with Crippen LogP contribution in [0.2, 0.25) is 0 Å². The number of rotatable bonds is 3. The lowest BCUT2D eigenvalue weighted by Crippen LogP contribution is -2.42. The molecule has 1 aliphatic heterocycles. The highest BCUT2D eigenvalue weighted by Gasteiger charge is 2.26. The molecule has 3 heterocycles. The van der Waals surface area contributed by atoms with Crippen LogP contribution in [0, 0.1) is 0 Å². The number of nitrogens with zero attached hydrogens (tertiary/aromatic N) is 5. The summed E-state index contributed by atoms with van der Waals surface area (Å²) in [4.78, 5) is 26.5. The molecule has 0 radical (unpaired) electrons. The van der Waals surface area contributed by atoms with Crippen molar-refractivity contribution >= 4 is 11.9 Å². The fraction of sp³-hybridized carbons (Fsp3) is 0.562. The van der Waals surface area contributed by atoms with Crippen molar-refractivity contribution in [3.63, 3.8) is 0 Å². The highest BCUT2D eigenvalue weighted by atomic mass is 16.5. The molecule has 0 unspecified atom stereocenters. The van der Waals surface area contributed by atoms with Gasteiger partial charge in [0, 0.05) is 36.9 Å². The molecule has 1 amide bonds. The molecule has 0 spiro atoms. The molecule has 1 N–H and O–H groups in total. The Morgan fingerprint density at radius 2 is 2.04 bits per heavy atom. The van der Waals surface area contributed by atoms with Gasteiger partial charge in [-0.15, -0.1) is 0 Å². The van der Waals surface area contributed by atoms with Crippen molar-refractivity contribution in [3.05, 3.63) is 30.2 Å². The van der Waals surface area contributed by atoms with E-state index in [-0.39, 0.29) is 17.4 Å². The van der Waals surface area contributed by atoms with Gasteiger partial charge in [-0.1, -0.05) is 20.8 Å². The minimum absolute atomic E-state index is 0.0730. The van der Waals surface area contributed by atoms with E-state index in [4.69, 9.17) is 4.52 Å². The van der Waals surface area contributed by atoms with Gasteiger partial charge in [-0.2, -0.15) is 4.98 Å². The number of aromatic nitrogens is 4. The summed E-state index contributed by atoms with van der Waals surface area (Å²) in [6.45, 7) is 7.41.